The van der Waals surface area contributed by atoms with Gasteiger partial charge in [0.1, 0.15) is 6.17 Å². The first-order valence-corrected chi connectivity index (χ1v) is 9.33. The first kappa shape index (κ1) is 18.4. The molecule has 9 nitrogen and oxygen atoms in total. The highest BCUT2D eigenvalue weighted by Crippen LogP contribution is 2.47. The molecule has 0 bridgehead atoms. The van der Waals surface area contributed by atoms with Crippen molar-refractivity contribution in [2.45, 2.75) is 38.9 Å². The molecule has 0 aliphatic carbocycles. The van der Waals surface area contributed by atoms with Gasteiger partial charge >= 0.3 is 11.9 Å². The van der Waals surface area contributed by atoms with Crippen LogP contribution in [0.3, 0.4) is 0 Å². The number of amides is 1. The summed E-state index contributed by atoms with van der Waals surface area (Å²) in [6.45, 7) is 5.30. The van der Waals surface area contributed by atoms with Crippen LogP contribution in [0.2, 0.25) is 0 Å². The molecule has 9 heteroatoms. The molecule has 3 aliphatic rings. The van der Waals surface area contributed by atoms with Crippen molar-refractivity contribution >= 4 is 23.5 Å². The summed E-state index contributed by atoms with van der Waals surface area (Å²) in [6.07, 6.45) is -0.166. The minimum absolute atomic E-state index is 0.0756. The molecule has 1 aromatic rings. The lowest BCUT2D eigenvalue weighted by Crippen LogP contribution is -2.65. The molecular weight excluding hydrogens is 368 g/mol. The van der Waals surface area contributed by atoms with Gasteiger partial charge in [-0.15, -0.1) is 0 Å². The molecule has 0 aromatic heterocycles. The molecule has 3 heterocycles. The van der Waals surface area contributed by atoms with Gasteiger partial charge in [-0.3, -0.25) is 9.69 Å². The van der Waals surface area contributed by atoms with Gasteiger partial charge in [-0.2, -0.15) is 0 Å². The van der Waals surface area contributed by atoms with E-state index < -0.39 is 35.5 Å². The van der Waals surface area contributed by atoms with E-state index in [1.54, 1.807) is 32.9 Å². The molecule has 0 saturated carbocycles. The summed E-state index contributed by atoms with van der Waals surface area (Å²) in [4.78, 5) is 40.7. The molecule has 4 rings (SSSR count). The fourth-order valence-corrected chi connectivity index (χ4v) is 4.23. The van der Waals surface area contributed by atoms with Crippen LogP contribution in [0.25, 0.3) is 0 Å². The average Bonchev–Trinajstić information content (AvgIpc) is 3.22. The summed E-state index contributed by atoms with van der Waals surface area (Å²) in [5, 5.41) is 3.25. The highest BCUT2D eigenvalue weighted by molar-refractivity contribution is 6.13. The Labute approximate surface area is 161 Å². The van der Waals surface area contributed by atoms with Crippen molar-refractivity contribution in [3.05, 3.63) is 17.7 Å². The van der Waals surface area contributed by atoms with E-state index in [0.717, 1.165) is 0 Å². The number of ether oxygens (including phenoxy) is 4. The van der Waals surface area contributed by atoms with E-state index in [1.807, 2.05) is 0 Å². The zero-order valence-corrected chi connectivity index (χ0v) is 15.9. The number of hydrogen-bond donors (Lipinski definition) is 1. The highest BCUT2D eigenvalue weighted by Gasteiger charge is 2.67. The molecule has 3 aliphatic heterocycles. The zero-order chi connectivity index (χ0) is 20.1. The number of rotatable bonds is 4. The van der Waals surface area contributed by atoms with Gasteiger partial charge in [0.15, 0.2) is 11.5 Å². The molecule has 1 fully saturated rings. The second-order valence-electron chi connectivity index (χ2n) is 6.93. The van der Waals surface area contributed by atoms with Gasteiger partial charge in [0.05, 0.1) is 24.5 Å². The lowest BCUT2D eigenvalue weighted by molar-refractivity contribution is -0.174. The van der Waals surface area contributed by atoms with Crippen molar-refractivity contribution in [2.24, 2.45) is 5.92 Å². The predicted octanol–water partition coefficient (Wildman–Crippen LogP) is 1.51. The zero-order valence-electron chi connectivity index (χ0n) is 15.9. The summed E-state index contributed by atoms with van der Waals surface area (Å²) < 4.78 is 21.2. The number of carbonyl (C=O) groups excluding carboxylic acids is 3. The van der Waals surface area contributed by atoms with E-state index in [4.69, 9.17) is 18.9 Å². The smallest absolute Gasteiger partial charge is 0.344 e. The lowest BCUT2D eigenvalue weighted by atomic mass is 9.85. The second-order valence-corrected chi connectivity index (χ2v) is 6.93. The number of hydrogen-bond acceptors (Lipinski definition) is 8. The number of esters is 2. The van der Waals surface area contributed by atoms with Crippen LogP contribution in [0, 0.1) is 5.92 Å². The van der Waals surface area contributed by atoms with Gasteiger partial charge in [-0.25, -0.2) is 9.59 Å². The fraction of sp³-hybridized carbons (Fsp3) is 0.526. The van der Waals surface area contributed by atoms with E-state index in [9.17, 15) is 14.4 Å². The van der Waals surface area contributed by atoms with Crippen LogP contribution in [0.4, 0.5) is 5.69 Å². The van der Waals surface area contributed by atoms with E-state index in [-0.39, 0.29) is 20.0 Å². The SMILES string of the molecule is CCOC(=O)C1(C(=O)OCC)C(C)CC2Nc3cc4c(cc3C(=O)N21)OCO4. The molecule has 2 atom stereocenters. The van der Waals surface area contributed by atoms with Crippen molar-refractivity contribution in [3.8, 4) is 11.5 Å². The summed E-state index contributed by atoms with van der Waals surface area (Å²) in [7, 11) is 0. The van der Waals surface area contributed by atoms with Crippen LogP contribution < -0.4 is 14.8 Å². The summed E-state index contributed by atoms with van der Waals surface area (Å²) in [6, 6.07) is 3.26. The van der Waals surface area contributed by atoms with Crippen LogP contribution in [0.15, 0.2) is 12.1 Å². The molecule has 1 saturated heterocycles. The molecular formula is C19H22N2O7. The highest BCUT2D eigenvalue weighted by atomic mass is 16.7. The molecule has 28 heavy (non-hydrogen) atoms. The van der Waals surface area contributed by atoms with Gasteiger partial charge < -0.3 is 24.3 Å². The Morgan fingerprint density at radius 1 is 1.18 bits per heavy atom. The van der Waals surface area contributed by atoms with E-state index in [0.29, 0.717) is 29.2 Å². The van der Waals surface area contributed by atoms with Gasteiger partial charge in [0.2, 0.25) is 12.3 Å². The quantitative estimate of drug-likeness (QED) is 0.610. The van der Waals surface area contributed by atoms with Crippen LogP contribution in [0.5, 0.6) is 11.5 Å². The minimum atomic E-state index is -1.84. The van der Waals surface area contributed by atoms with Crippen molar-refractivity contribution in [1.82, 2.24) is 4.90 Å². The van der Waals surface area contributed by atoms with E-state index in [1.165, 1.54) is 4.90 Å². The molecule has 1 N–H and O–H groups in total. The van der Waals surface area contributed by atoms with Crippen molar-refractivity contribution in [3.63, 3.8) is 0 Å². The van der Waals surface area contributed by atoms with Gasteiger partial charge in [0, 0.05) is 12.0 Å². The van der Waals surface area contributed by atoms with Crippen molar-refractivity contribution < 1.29 is 33.3 Å². The lowest BCUT2D eigenvalue weighted by Gasteiger charge is -2.41. The third kappa shape index (κ3) is 2.35. The Morgan fingerprint density at radius 3 is 2.39 bits per heavy atom. The van der Waals surface area contributed by atoms with Crippen LogP contribution in [-0.2, 0) is 19.1 Å². The Bertz CT molecular complexity index is 835. The minimum Gasteiger partial charge on any atom is -0.464 e. The van der Waals surface area contributed by atoms with Crippen LogP contribution in [0.1, 0.15) is 37.6 Å². The molecule has 1 amide bonds. The monoisotopic (exact) mass is 390 g/mol. The Balaban J connectivity index is 1.83. The number of anilines is 1. The number of carbonyl (C=O) groups is 3. The standard InChI is InChI=1S/C19H22N2O7/c1-4-25-17(23)19(18(24)26-5-2)10(3)6-15-20-12-8-14-13(27-9-28-14)7-11(12)16(22)21(15)19/h7-8,10,15,20H,4-6,9H2,1-3H3. The average molecular weight is 390 g/mol. The molecule has 150 valence electrons. The van der Waals surface area contributed by atoms with Crippen LogP contribution >= 0.6 is 0 Å². The third-order valence-electron chi connectivity index (χ3n) is 5.44. The molecule has 1 aromatic carbocycles. The first-order chi connectivity index (χ1) is 13.4. The summed E-state index contributed by atoms with van der Waals surface area (Å²) in [5.74, 6) is -1.52. The van der Waals surface area contributed by atoms with Crippen molar-refractivity contribution in [2.75, 3.05) is 25.3 Å². The topological polar surface area (TPSA) is 103 Å². The van der Waals surface area contributed by atoms with E-state index in [2.05, 4.69) is 5.32 Å². The summed E-state index contributed by atoms with van der Waals surface area (Å²) >= 11 is 0. The van der Waals surface area contributed by atoms with E-state index >= 15 is 0 Å². The van der Waals surface area contributed by atoms with Crippen LogP contribution in [-0.4, -0.2) is 54.5 Å². The number of benzene rings is 1. The Kier molecular flexibility index (Phi) is 4.32. The maximum absolute atomic E-state index is 13.5. The predicted molar refractivity (Wildman–Crippen MR) is 95.9 cm³/mol. The third-order valence-corrected chi connectivity index (χ3v) is 5.44. The maximum atomic E-state index is 13.5. The molecule has 0 radical (unpaired) electrons. The molecule has 0 spiro atoms. The normalized spacial score (nSPS) is 23.5. The first-order valence-electron chi connectivity index (χ1n) is 9.33. The number of nitrogens with one attached hydrogen (secondary N) is 1. The largest absolute Gasteiger partial charge is 0.464 e. The molecule has 2 unspecified atom stereocenters. The van der Waals surface area contributed by atoms with Gasteiger partial charge in [-0.05, 0) is 26.3 Å². The number of nitrogens with zero attached hydrogens (tertiary/aromatic N) is 1. The Hall–Kier alpha value is -2.97. The van der Waals surface area contributed by atoms with Gasteiger partial charge in [0.25, 0.3) is 5.91 Å². The Morgan fingerprint density at radius 2 is 1.79 bits per heavy atom. The second kappa shape index (κ2) is 6.57. The number of fused-ring (bicyclic) bond motifs is 3. The van der Waals surface area contributed by atoms with Gasteiger partial charge in [-0.1, -0.05) is 6.92 Å². The summed E-state index contributed by atoms with van der Waals surface area (Å²) in [5.41, 5.74) is -0.965. The van der Waals surface area contributed by atoms with Crippen molar-refractivity contribution in [1.29, 1.82) is 0 Å². The fourth-order valence-electron chi connectivity index (χ4n) is 4.23. The maximum Gasteiger partial charge on any atom is 0.344 e.